The number of benzene rings is 2. The molecule has 0 saturated carbocycles. The van der Waals surface area contributed by atoms with Gasteiger partial charge in [-0.05, 0) is 54.8 Å². The van der Waals surface area contributed by atoms with Gasteiger partial charge < -0.3 is 15.0 Å². The van der Waals surface area contributed by atoms with E-state index in [0.717, 1.165) is 48.8 Å². The lowest BCUT2D eigenvalue weighted by Crippen LogP contribution is -2.44. The van der Waals surface area contributed by atoms with Gasteiger partial charge in [-0.25, -0.2) is 0 Å². The van der Waals surface area contributed by atoms with E-state index < -0.39 is 0 Å². The predicted octanol–water partition coefficient (Wildman–Crippen LogP) is 4.14. The number of amides is 1. The van der Waals surface area contributed by atoms with Gasteiger partial charge in [-0.1, -0.05) is 23.7 Å². The molecule has 0 atom stereocenters. The quantitative estimate of drug-likeness (QED) is 0.663. The number of hydrogen-bond acceptors (Lipinski definition) is 4. The number of anilines is 1. The molecule has 3 aromatic rings. The number of aromatic nitrogens is 2. The number of piperidine rings is 1. The molecule has 0 aliphatic carbocycles. The van der Waals surface area contributed by atoms with E-state index in [9.17, 15) is 4.79 Å². The lowest BCUT2D eigenvalue weighted by molar-refractivity contribution is 0.0931. The molecule has 0 bridgehead atoms. The summed E-state index contributed by atoms with van der Waals surface area (Å²) in [5, 5.41) is 11.2. The lowest BCUT2D eigenvalue weighted by Gasteiger charge is -2.32. The molecule has 0 spiro atoms. The zero-order valence-electron chi connectivity index (χ0n) is 16.2. The second kappa shape index (κ2) is 8.57. The fourth-order valence-electron chi connectivity index (χ4n) is 3.55. The van der Waals surface area contributed by atoms with Crippen LogP contribution in [0.4, 0.5) is 5.82 Å². The van der Waals surface area contributed by atoms with Crippen LogP contribution in [-0.2, 0) is 0 Å². The van der Waals surface area contributed by atoms with Gasteiger partial charge in [0.2, 0.25) is 0 Å². The van der Waals surface area contributed by atoms with Crippen molar-refractivity contribution in [3.8, 4) is 17.0 Å². The van der Waals surface area contributed by atoms with Gasteiger partial charge >= 0.3 is 0 Å². The zero-order valence-corrected chi connectivity index (χ0v) is 16.9. The van der Waals surface area contributed by atoms with Crippen LogP contribution >= 0.6 is 11.6 Å². The highest BCUT2D eigenvalue weighted by molar-refractivity contribution is 6.33. The highest BCUT2D eigenvalue weighted by atomic mass is 35.5. The van der Waals surface area contributed by atoms with Gasteiger partial charge in [-0.3, -0.25) is 9.89 Å². The minimum atomic E-state index is -0.115. The summed E-state index contributed by atoms with van der Waals surface area (Å²) in [6.07, 6.45) is 1.72. The molecule has 1 amide bonds. The van der Waals surface area contributed by atoms with Crippen LogP contribution in [0.3, 0.4) is 0 Å². The molecular weight excluding hydrogens is 388 g/mol. The van der Waals surface area contributed by atoms with Crippen molar-refractivity contribution in [2.24, 2.45) is 0 Å². The van der Waals surface area contributed by atoms with Gasteiger partial charge in [0.05, 0.1) is 23.4 Å². The van der Waals surface area contributed by atoms with Gasteiger partial charge in [0, 0.05) is 25.2 Å². The number of carbonyl (C=O) groups excluding carboxylic acids is 1. The summed E-state index contributed by atoms with van der Waals surface area (Å²) >= 11 is 6.12. The van der Waals surface area contributed by atoms with E-state index in [-0.39, 0.29) is 11.9 Å². The number of ether oxygens (including phenoxy) is 1. The maximum Gasteiger partial charge on any atom is 0.253 e. The first-order valence-electron chi connectivity index (χ1n) is 9.64. The molecule has 0 unspecified atom stereocenters. The van der Waals surface area contributed by atoms with Crippen molar-refractivity contribution in [1.82, 2.24) is 15.5 Å². The van der Waals surface area contributed by atoms with Crippen LogP contribution < -0.4 is 15.0 Å². The first kappa shape index (κ1) is 19.3. The molecule has 0 radical (unpaired) electrons. The van der Waals surface area contributed by atoms with Crippen LogP contribution in [0.15, 0.2) is 54.6 Å². The number of aromatic amines is 1. The SMILES string of the molecule is COc1ccc(-c2cc(N3CCC(NC(=O)c4ccccc4Cl)CC3)n[nH]2)cc1. The van der Waals surface area contributed by atoms with Gasteiger partial charge in [0.15, 0.2) is 5.82 Å². The summed E-state index contributed by atoms with van der Waals surface area (Å²) in [5.41, 5.74) is 2.55. The standard InChI is InChI=1S/C22H23ClN4O2/c1-29-17-8-6-15(7-9-17)20-14-21(26-25-20)27-12-10-16(11-13-27)24-22(28)18-4-2-3-5-19(18)23/h2-9,14,16H,10-13H2,1H3,(H,24,28)(H,25,26). The van der Waals surface area contributed by atoms with E-state index in [1.807, 2.05) is 36.4 Å². The Kier molecular flexibility index (Phi) is 5.71. The summed E-state index contributed by atoms with van der Waals surface area (Å²) in [7, 11) is 1.66. The number of nitrogens with one attached hydrogen (secondary N) is 2. The molecule has 1 saturated heterocycles. The summed E-state index contributed by atoms with van der Waals surface area (Å²) < 4.78 is 5.21. The van der Waals surface area contributed by atoms with Crippen molar-refractivity contribution < 1.29 is 9.53 Å². The number of carbonyl (C=O) groups is 1. The van der Waals surface area contributed by atoms with Crippen LogP contribution in [-0.4, -0.2) is 42.3 Å². The first-order chi connectivity index (χ1) is 14.1. The molecule has 2 heterocycles. The maximum absolute atomic E-state index is 12.5. The molecule has 1 aromatic heterocycles. The van der Waals surface area contributed by atoms with Gasteiger partial charge in [-0.2, -0.15) is 5.10 Å². The Morgan fingerprint density at radius 3 is 2.59 bits per heavy atom. The van der Waals surface area contributed by atoms with E-state index >= 15 is 0 Å². The molecule has 1 aliphatic rings. The summed E-state index contributed by atoms with van der Waals surface area (Å²) in [4.78, 5) is 14.7. The molecule has 2 N–H and O–H groups in total. The van der Waals surface area contributed by atoms with Crippen LogP contribution in [0.2, 0.25) is 5.02 Å². The van der Waals surface area contributed by atoms with Crippen molar-refractivity contribution in [1.29, 1.82) is 0 Å². The Balaban J connectivity index is 1.34. The average molecular weight is 411 g/mol. The van der Waals surface area contributed by atoms with E-state index in [1.165, 1.54) is 0 Å². The monoisotopic (exact) mass is 410 g/mol. The fraction of sp³-hybridized carbons (Fsp3) is 0.273. The third-order valence-corrected chi connectivity index (χ3v) is 5.57. The third kappa shape index (κ3) is 4.38. The number of methoxy groups -OCH3 is 1. The van der Waals surface area contributed by atoms with Crippen LogP contribution in [0.5, 0.6) is 5.75 Å². The lowest BCUT2D eigenvalue weighted by atomic mass is 10.0. The van der Waals surface area contributed by atoms with Crippen molar-refractivity contribution in [3.63, 3.8) is 0 Å². The number of halogens is 1. The summed E-state index contributed by atoms with van der Waals surface area (Å²) in [5.74, 6) is 1.64. The Labute approximate surface area is 174 Å². The minimum Gasteiger partial charge on any atom is -0.497 e. The minimum absolute atomic E-state index is 0.115. The average Bonchev–Trinajstić information content (AvgIpc) is 3.25. The van der Waals surface area contributed by atoms with Crippen LogP contribution in [0.25, 0.3) is 11.3 Å². The van der Waals surface area contributed by atoms with E-state index in [0.29, 0.717) is 10.6 Å². The number of H-pyrrole nitrogens is 1. The van der Waals surface area contributed by atoms with Crippen LogP contribution in [0, 0.1) is 0 Å². The van der Waals surface area contributed by atoms with Crippen molar-refractivity contribution in [3.05, 3.63) is 65.2 Å². The van der Waals surface area contributed by atoms with Crippen molar-refractivity contribution in [2.75, 3.05) is 25.1 Å². The first-order valence-corrected chi connectivity index (χ1v) is 10.0. The number of hydrogen-bond donors (Lipinski definition) is 2. The molecule has 4 rings (SSSR count). The Hall–Kier alpha value is -2.99. The maximum atomic E-state index is 12.5. The molecular formula is C22H23ClN4O2. The largest absolute Gasteiger partial charge is 0.497 e. The topological polar surface area (TPSA) is 70.2 Å². The van der Waals surface area contributed by atoms with Gasteiger partial charge in [-0.15, -0.1) is 0 Å². The van der Waals surface area contributed by atoms with Gasteiger partial charge in [0.1, 0.15) is 5.75 Å². The highest BCUT2D eigenvalue weighted by Crippen LogP contribution is 2.26. The second-order valence-corrected chi connectivity index (χ2v) is 7.49. The molecule has 29 heavy (non-hydrogen) atoms. The molecule has 6 nitrogen and oxygen atoms in total. The van der Waals surface area contributed by atoms with Crippen molar-refractivity contribution in [2.45, 2.75) is 18.9 Å². The number of nitrogens with zero attached hydrogens (tertiary/aromatic N) is 2. The Morgan fingerprint density at radius 1 is 1.17 bits per heavy atom. The summed E-state index contributed by atoms with van der Waals surface area (Å²) in [6, 6.07) is 17.2. The second-order valence-electron chi connectivity index (χ2n) is 7.08. The van der Waals surface area contributed by atoms with E-state index in [2.05, 4.69) is 26.5 Å². The fourth-order valence-corrected chi connectivity index (χ4v) is 3.77. The molecule has 2 aromatic carbocycles. The normalized spacial score (nSPS) is 14.6. The Bertz CT molecular complexity index is 978. The van der Waals surface area contributed by atoms with Gasteiger partial charge in [0.25, 0.3) is 5.91 Å². The molecule has 1 aliphatic heterocycles. The van der Waals surface area contributed by atoms with Crippen molar-refractivity contribution >= 4 is 23.3 Å². The number of rotatable bonds is 5. The predicted molar refractivity (Wildman–Crippen MR) is 115 cm³/mol. The summed E-state index contributed by atoms with van der Waals surface area (Å²) in [6.45, 7) is 1.67. The highest BCUT2D eigenvalue weighted by Gasteiger charge is 2.23. The zero-order chi connectivity index (χ0) is 20.2. The molecule has 7 heteroatoms. The molecule has 150 valence electrons. The van der Waals surface area contributed by atoms with Crippen LogP contribution in [0.1, 0.15) is 23.2 Å². The van der Waals surface area contributed by atoms with E-state index in [4.69, 9.17) is 16.3 Å². The van der Waals surface area contributed by atoms with E-state index in [1.54, 1.807) is 19.2 Å². The third-order valence-electron chi connectivity index (χ3n) is 5.24. The molecule has 1 fully saturated rings. The smallest absolute Gasteiger partial charge is 0.253 e. The Morgan fingerprint density at radius 2 is 1.90 bits per heavy atom.